The molecule has 0 unspecified atom stereocenters. The van der Waals surface area contributed by atoms with Crippen molar-refractivity contribution in [1.82, 2.24) is 0 Å². The molecule has 138 valence electrons. The molecule has 0 spiro atoms. The van der Waals surface area contributed by atoms with Crippen LogP contribution in [-0.2, 0) is 4.65 Å². The Balaban J connectivity index is 0.00000102. The monoisotopic (exact) mass is 356 g/mol. The van der Waals surface area contributed by atoms with Crippen LogP contribution >= 0.6 is 0 Å². The van der Waals surface area contributed by atoms with Crippen LogP contribution in [0, 0.1) is 5.41 Å². The molecular weight excluding hydrogens is 327 g/mol. The van der Waals surface area contributed by atoms with E-state index in [1.807, 2.05) is 0 Å². The van der Waals surface area contributed by atoms with Gasteiger partial charge in [-0.3, -0.25) is 0 Å². The zero-order valence-electron chi connectivity index (χ0n) is 17.0. The Morgan fingerprint density at radius 2 is 1.44 bits per heavy atom. The van der Waals surface area contributed by atoms with Gasteiger partial charge in [-0.05, 0) is 52.9 Å². The van der Waals surface area contributed by atoms with Gasteiger partial charge in [-0.15, -0.1) is 13.2 Å². The van der Waals surface area contributed by atoms with E-state index in [9.17, 15) is 0 Å². The van der Waals surface area contributed by atoms with Gasteiger partial charge in [-0.25, -0.2) is 0 Å². The third-order valence-corrected chi connectivity index (χ3v) is 6.15. The first-order valence-electron chi connectivity index (χ1n) is 9.63. The van der Waals surface area contributed by atoms with Crippen molar-refractivity contribution in [3.63, 3.8) is 0 Å². The van der Waals surface area contributed by atoms with Crippen LogP contribution in [-0.4, -0.2) is 12.5 Å². The Bertz CT molecular complexity index is 903. The van der Waals surface area contributed by atoms with Crippen LogP contribution in [0.5, 0.6) is 0 Å². The molecule has 1 aliphatic rings. The summed E-state index contributed by atoms with van der Waals surface area (Å²) in [6.07, 6.45) is 1.06. The highest BCUT2D eigenvalue weighted by Gasteiger charge is 2.49. The molecule has 0 saturated carbocycles. The molecule has 3 aromatic rings. The lowest BCUT2D eigenvalue weighted by Crippen LogP contribution is -2.36. The fourth-order valence-corrected chi connectivity index (χ4v) is 3.81. The molecule has 3 aromatic carbocycles. The Hall–Kier alpha value is -2.32. The van der Waals surface area contributed by atoms with Gasteiger partial charge in [0.25, 0.3) is 0 Å². The van der Waals surface area contributed by atoms with E-state index in [0.717, 1.165) is 6.32 Å². The first-order chi connectivity index (χ1) is 12.9. The van der Waals surface area contributed by atoms with Gasteiger partial charge >= 0.3 is 6.92 Å². The van der Waals surface area contributed by atoms with Crippen LogP contribution in [0.4, 0.5) is 0 Å². The molecule has 0 amide bonds. The van der Waals surface area contributed by atoms with E-state index in [4.69, 9.17) is 4.65 Å². The molecule has 1 saturated heterocycles. The lowest BCUT2D eigenvalue weighted by atomic mass is 9.54. The molecular formula is C25H29BO. The van der Waals surface area contributed by atoms with E-state index in [-0.39, 0.29) is 17.9 Å². The molecule has 0 aliphatic carbocycles. The summed E-state index contributed by atoms with van der Waals surface area (Å²) in [6, 6.07) is 24.0. The Labute approximate surface area is 164 Å². The molecule has 27 heavy (non-hydrogen) atoms. The molecule has 0 atom stereocenters. The van der Waals surface area contributed by atoms with Crippen LogP contribution in [0.25, 0.3) is 21.9 Å². The summed E-state index contributed by atoms with van der Waals surface area (Å²) in [6.45, 7) is 15.2. The molecule has 1 fully saturated rings. The molecule has 1 aliphatic heterocycles. The smallest absolute Gasteiger partial charge is 0.327 e. The lowest BCUT2D eigenvalue weighted by molar-refractivity contribution is 0.0375. The minimum Gasteiger partial charge on any atom is -0.426 e. The van der Waals surface area contributed by atoms with Gasteiger partial charge in [0, 0.05) is 0 Å². The van der Waals surface area contributed by atoms with Crippen LogP contribution in [0.15, 0.2) is 79.9 Å². The van der Waals surface area contributed by atoms with Crippen molar-refractivity contribution in [3.8, 4) is 11.1 Å². The predicted molar refractivity (Wildman–Crippen MR) is 120 cm³/mol. The van der Waals surface area contributed by atoms with Gasteiger partial charge < -0.3 is 4.65 Å². The van der Waals surface area contributed by atoms with Crippen LogP contribution in [0.3, 0.4) is 0 Å². The normalized spacial score (nSPS) is 17.4. The second-order valence-corrected chi connectivity index (χ2v) is 8.35. The molecule has 0 aromatic heterocycles. The summed E-state index contributed by atoms with van der Waals surface area (Å²) in [5.41, 5.74) is 3.93. The molecule has 0 radical (unpaired) electrons. The summed E-state index contributed by atoms with van der Waals surface area (Å²) in [5.74, 6) is 0. The summed E-state index contributed by atoms with van der Waals surface area (Å²) < 4.78 is 6.37. The average molecular weight is 356 g/mol. The fraction of sp³-hybridized carbons (Fsp3) is 0.280. The minimum absolute atomic E-state index is 0.0913. The predicted octanol–water partition coefficient (Wildman–Crippen LogP) is 6.34. The number of rotatable bonds is 2. The van der Waals surface area contributed by atoms with E-state index < -0.39 is 0 Å². The highest BCUT2D eigenvalue weighted by atomic mass is 16.5. The van der Waals surface area contributed by atoms with Crippen molar-refractivity contribution < 1.29 is 4.65 Å². The molecule has 0 N–H and O–H groups in total. The summed E-state index contributed by atoms with van der Waals surface area (Å²) >= 11 is 0. The maximum Gasteiger partial charge on any atom is 0.327 e. The van der Waals surface area contributed by atoms with Crippen molar-refractivity contribution >= 4 is 23.2 Å². The maximum atomic E-state index is 6.37. The molecule has 4 rings (SSSR count). The zero-order chi connectivity index (χ0) is 19.7. The van der Waals surface area contributed by atoms with Crippen LogP contribution < -0.4 is 5.46 Å². The zero-order valence-corrected chi connectivity index (χ0v) is 17.0. The van der Waals surface area contributed by atoms with Gasteiger partial charge in [-0.2, -0.15) is 0 Å². The number of hydrogen-bond donors (Lipinski definition) is 0. The Morgan fingerprint density at radius 3 is 2.07 bits per heavy atom. The van der Waals surface area contributed by atoms with Crippen molar-refractivity contribution in [3.05, 3.63) is 79.9 Å². The largest absolute Gasteiger partial charge is 0.426 e. The number of fused-ring (bicyclic) bond motifs is 1. The van der Waals surface area contributed by atoms with E-state index in [2.05, 4.69) is 108 Å². The van der Waals surface area contributed by atoms with E-state index in [0.29, 0.717) is 0 Å². The second-order valence-electron chi connectivity index (χ2n) is 8.35. The summed E-state index contributed by atoms with van der Waals surface area (Å²) in [5, 5.41) is 2.59. The fourth-order valence-electron chi connectivity index (χ4n) is 3.81. The van der Waals surface area contributed by atoms with Gasteiger partial charge in [0.05, 0.1) is 5.60 Å². The lowest BCUT2D eigenvalue weighted by Gasteiger charge is -2.34. The number of hydrogen-bond acceptors (Lipinski definition) is 1. The highest BCUT2D eigenvalue weighted by Crippen LogP contribution is 2.45. The quantitative estimate of drug-likeness (QED) is 0.384. The molecule has 1 nitrogen and oxygen atoms in total. The van der Waals surface area contributed by atoms with Gasteiger partial charge in [0.2, 0.25) is 0 Å². The average Bonchev–Trinajstić information content (AvgIpc) is 2.90. The SMILES string of the molecule is C=C.CC1(C)CB(c2ccc(-c3cccc4ccccc34)cc2)OC1(C)C. The van der Waals surface area contributed by atoms with Gasteiger partial charge in [0.15, 0.2) is 0 Å². The van der Waals surface area contributed by atoms with E-state index >= 15 is 0 Å². The van der Waals surface area contributed by atoms with Crippen LogP contribution in [0.2, 0.25) is 6.32 Å². The van der Waals surface area contributed by atoms with Crippen molar-refractivity contribution in [2.75, 3.05) is 0 Å². The highest BCUT2D eigenvalue weighted by molar-refractivity contribution is 6.68. The molecule has 2 heteroatoms. The van der Waals surface area contributed by atoms with Gasteiger partial charge in [-0.1, -0.05) is 80.6 Å². The second kappa shape index (κ2) is 7.36. The summed E-state index contributed by atoms with van der Waals surface area (Å²) in [4.78, 5) is 0. The standard InChI is InChI=1S/C23H25BO.C2H4/c1-22(2)16-24(25-23(22,3)4)19-14-12-18(13-15-19)21-11-7-9-17-8-5-6-10-20(17)21;1-2/h5-15H,16H2,1-4H3;1-2H2. The van der Waals surface area contributed by atoms with E-state index in [1.54, 1.807) is 0 Å². The topological polar surface area (TPSA) is 9.23 Å². The minimum atomic E-state index is -0.0913. The van der Waals surface area contributed by atoms with Crippen LogP contribution in [0.1, 0.15) is 27.7 Å². The Kier molecular flexibility index (Phi) is 5.30. The van der Waals surface area contributed by atoms with Crippen molar-refractivity contribution in [1.29, 1.82) is 0 Å². The molecule has 0 bridgehead atoms. The number of benzene rings is 3. The first-order valence-corrected chi connectivity index (χ1v) is 9.63. The van der Waals surface area contributed by atoms with Crippen molar-refractivity contribution in [2.24, 2.45) is 5.41 Å². The summed E-state index contributed by atoms with van der Waals surface area (Å²) in [7, 11) is 0. The van der Waals surface area contributed by atoms with E-state index in [1.165, 1.54) is 27.4 Å². The third kappa shape index (κ3) is 3.59. The van der Waals surface area contributed by atoms with Gasteiger partial charge in [0.1, 0.15) is 0 Å². The Morgan fingerprint density at radius 1 is 0.815 bits per heavy atom. The first kappa shape index (κ1) is 19.4. The third-order valence-electron chi connectivity index (χ3n) is 6.15. The maximum absolute atomic E-state index is 6.37. The molecule has 1 heterocycles. The van der Waals surface area contributed by atoms with Crippen molar-refractivity contribution in [2.45, 2.75) is 39.6 Å².